The van der Waals surface area contributed by atoms with E-state index in [1.165, 1.54) is 7.11 Å². The molecule has 162 valence electrons. The van der Waals surface area contributed by atoms with Crippen LogP contribution in [-0.4, -0.2) is 73.3 Å². The first-order valence-electron chi connectivity index (χ1n) is 9.95. The molecule has 10 heteroatoms. The number of ether oxygens (including phenoxy) is 1. The standard InChI is InChI=1S/C20H25N3O6S/c1-20(13-3-7-16(29-2)8-4-13)18(25)22(19(26)21-20)11-17(24)23(14-5-6-14)15-9-10-30(27,28)12-15/h3-4,7-8,14-15H,5-6,9-12H2,1-2H3,(H,21,26)/t15-,20+/m1/s1. The van der Waals surface area contributed by atoms with Crippen molar-refractivity contribution in [1.29, 1.82) is 0 Å². The highest BCUT2D eigenvalue weighted by molar-refractivity contribution is 7.91. The number of methoxy groups -OCH3 is 1. The Morgan fingerprint density at radius 3 is 2.40 bits per heavy atom. The van der Waals surface area contributed by atoms with Crippen LogP contribution in [0.4, 0.5) is 4.79 Å². The number of carbonyl (C=O) groups is 3. The predicted octanol–water partition coefficient (Wildman–Crippen LogP) is 0.640. The molecule has 2 aliphatic heterocycles. The molecule has 9 nitrogen and oxygen atoms in total. The van der Waals surface area contributed by atoms with Crippen molar-refractivity contribution in [3.63, 3.8) is 0 Å². The molecule has 4 rings (SSSR count). The minimum absolute atomic E-state index is 0.00969. The molecule has 0 bridgehead atoms. The summed E-state index contributed by atoms with van der Waals surface area (Å²) < 4.78 is 28.9. The summed E-state index contributed by atoms with van der Waals surface area (Å²) in [5, 5.41) is 2.69. The molecular weight excluding hydrogens is 410 g/mol. The molecule has 1 N–H and O–H groups in total. The van der Waals surface area contributed by atoms with E-state index >= 15 is 0 Å². The maximum atomic E-state index is 13.1. The van der Waals surface area contributed by atoms with E-state index in [4.69, 9.17) is 4.74 Å². The highest BCUT2D eigenvalue weighted by atomic mass is 32.2. The van der Waals surface area contributed by atoms with Crippen molar-refractivity contribution < 1.29 is 27.5 Å². The first kappa shape index (κ1) is 20.6. The second-order valence-corrected chi connectivity index (χ2v) is 10.5. The Morgan fingerprint density at radius 2 is 1.87 bits per heavy atom. The molecule has 1 aliphatic carbocycles. The zero-order valence-electron chi connectivity index (χ0n) is 17.0. The third-order valence-electron chi connectivity index (χ3n) is 6.07. The van der Waals surface area contributed by atoms with Crippen LogP contribution in [0.15, 0.2) is 24.3 Å². The molecule has 0 aromatic heterocycles. The van der Waals surface area contributed by atoms with Crippen molar-refractivity contribution in [3.8, 4) is 5.75 Å². The number of urea groups is 1. The van der Waals surface area contributed by atoms with Crippen LogP contribution in [0.3, 0.4) is 0 Å². The number of carbonyl (C=O) groups excluding carboxylic acids is 3. The van der Waals surface area contributed by atoms with E-state index in [-0.39, 0.29) is 29.5 Å². The average Bonchev–Trinajstić information content (AvgIpc) is 3.43. The van der Waals surface area contributed by atoms with Gasteiger partial charge in [-0.25, -0.2) is 13.2 Å². The third-order valence-corrected chi connectivity index (χ3v) is 7.82. The van der Waals surface area contributed by atoms with Gasteiger partial charge in [0, 0.05) is 12.1 Å². The van der Waals surface area contributed by atoms with E-state index < -0.39 is 33.9 Å². The number of nitrogens with one attached hydrogen (secondary N) is 1. The molecule has 1 saturated carbocycles. The number of hydrogen-bond donors (Lipinski definition) is 1. The van der Waals surface area contributed by atoms with E-state index in [9.17, 15) is 22.8 Å². The summed E-state index contributed by atoms with van der Waals surface area (Å²) in [7, 11) is -1.62. The molecule has 1 aromatic carbocycles. The fourth-order valence-electron chi connectivity index (χ4n) is 4.23. The van der Waals surface area contributed by atoms with Gasteiger partial charge in [0.2, 0.25) is 5.91 Å². The summed E-state index contributed by atoms with van der Waals surface area (Å²) in [4.78, 5) is 41.2. The first-order valence-corrected chi connectivity index (χ1v) is 11.8. The molecular formula is C20H25N3O6S. The van der Waals surface area contributed by atoms with Gasteiger partial charge in [-0.2, -0.15) is 0 Å². The van der Waals surface area contributed by atoms with Crippen LogP contribution >= 0.6 is 0 Å². The lowest BCUT2D eigenvalue weighted by atomic mass is 9.92. The van der Waals surface area contributed by atoms with Crippen molar-refractivity contribution in [2.75, 3.05) is 25.2 Å². The van der Waals surface area contributed by atoms with Gasteiger partial charge in [-0.1, -0.05) is 12.1 Å². The number of nitrogens with zero attached hydrogens (tertiary/aromatic N) is 2. The fourth-order valence-corrected chi connectivity index (χ4v) is 5.94. The zero-order valence-corrected chi connectivity index (χ0v) is 17.8. The lowest BCUT2D eigenvalue weighted by Crippen LogP contribution is -2.49. The van der Waals surface area contributed by atoms with Gasteiger partial charge >= 0.3 is 6.03 Å². The summed E-state index contributed by atoms with van der Waals surface area (Å²) in [6, 6.07) is 5.76. The maximum Gasteiger partial charge on any atom is 0.325 e. The molecule has 30 heavy (non-hydrogen) atoms. The van der Waals surface area contributed by atoms with Crippen LogP contribution in [0, 0.1) is 0 Å². The predicted molar refractivity (Wildman–Crippen MR) is 108 cm³/mol. The van der Waals surface area contributed by atoms with Crippen molar-refractivity contribution >= 4 is 27.7 Å². The molecule has 0 spiro atoms. The van der Waals surface area contributed by atoms with Crippen molar-refractivity contribution in [3.05, 3.63) is 29.8 Å². The topological polar surface area (TPSA) is 113 Å². The summed E-state index contributed by atoms with van der Waals surface area (Å²) in [6.45, 7) is 1.20. The number of rotatable bonds is 6. The normalized spacial score (nSPS) is 27.8. The first-order chi connectivity index (χ1) is 14.1. The summed E-state index contributed by atoms with van der Waals surface area (Å²) in [5.41, 5.74) is -0.706. The Balaban J connectivity index is 1.51. The molecule has 2 saturated heterocycles. The second-order valence-electron chi connectivity index (χ2n) is 8.26. The van der Waals surface area contributed by atoms with Gasteiger partial charge in [-0.3, -0.25) is 14.5 Å². The molecule has 3 aliphatic rings. The molecule has 0 unspecified atom stereocenters. The largest absolute Gasteiger partial charge is 0.497 e. The summed E-state index contributed by atoms with van der Waals surface area (Å²) in [6.07, 6.45) is 2.02. The number of benzene rings is 1. The summed E-state index contributed by atoms with van der Waals surface area (Å²) in [5.74, 6) is -0.271. The van der Waals surface area contributed by atoms with Gasteiger partial charge in [-0.05, 0) is 43.9 Å². The molecule has 2 atom stereocenters. The van der Waals surface area contributed by atoms with Crippen LogP contribution in [-0.2, 0) is 25.0 Å². The van der Waals surface area contributed by atoms with Crippen LogP contribution in [0.5, 0.6) is 5.75 Å². The van der Waals surface area contributed by atoms with E-state index in [2.05, 4.69) is 5.32 Å². The van der Waals surface area contributed by atoms with Gasteiger partial charge in [0.05, 0.1) is 18.6 Å². The van der Waals surface area contributed by atoms with E-state index in [1.807, 2.05) is 0 Å². The Hall–Kier alpha value is -2.62. The Kier molecular flexibility index (Phi) is 5.00. The Labute approximate surface area is 175 Å². The second kappa shape index (κ2) is 7.26. The van der Waals surface area contributed by atoms with Crippen LogP contribution < -0.4 is 10.1 Å². The third kappa shape index (κ3) is 3.64. The quantitative estimate of drug-likeness (QED) is 0.656. The Morgan fingerprint density at radius 1 is 1.20 bits per heavy atom. The smallest absolute Gasteiger partial charge is 0.325 e. The van der Waals surface area contributed by atoms with Crippen LogP contribution in [0.1, 0.15) is 31.7 Å². The molecule has 3 fully saturated rings. The van der Waals surface area contributed by atoms with E-state index in [1.54, 1.807) is 36.1 Å². The number of hydrogen-bond acceptors (Lipinski definition) is 6. The maximum absolute atomic E-state index is 13.1. The van der Waals surface area contributed by atoms with Gasteiger partial charge in [0.25, 0.3) is 5.91 Å². The molecule has 4 amide bonds. The van der Waals surface area contributed by atoms with Gasteiger partial charge < -0.3 is 15.0 Å². The van der Waals surface area contributed by atoms with Gasteiger partial charge in [0.15, 0.2) is 9.84 Å². The van der Waals surface area contributed by atoms with Crippen molar-refractivity contribution in [1.82, 2.24) is 15.1 Å². The van der Waals surface area contributed by atoms with Gasteiger partial charge in [0.1, 0.15) is 17.8 Å². The minimum atomic E-state index is -3.15. The number of amides is 4. The minimum Gasteiger partial charge on any atom is -0.497 e. The SMILES string of the molecule is COc1ccc([C@]2(C)NC(=O)N(CC(=O)N(C3CC3)[C@@H]3CCS(=O)(=O)C3)C2=O)cc1. The monoisotopic (exact) mass is 435 g/mol. The highest BCUT2D eigenvalue weighted by Crippen LogP contribution is 2.34. The molecule has 0 radical (unpaired) electrons. The number of sulfone groups is 1. The zero-order chi connectivity index (χ0) is 21.7. The Bertz CT molecular complexity index is 988. The van der Waals surface area contributed by atoms with E-state index in [0.717, 1.165) is 17.7 Å². The van der Waals surface area contributed by atoms with Crippen LogP contribution in [0.2, 0.25) is 0 Å². The average molecular weight is 436 g/mol. The molecule has 1 aromatic rings. The lowest BCUT2D eigenvalue weighted by Gasteiger charge is -2.30. The number of imide groups is 1. The van der Waals surface area contributed by atoms with Crippen molar-refractivity contribution in [2.24, 2.45) is 0 Å². The van der Waals surface area contributed by atoms with Crippen molar-refractivity contribution in [2.45, 2.75) is 43.8 Å². The van der Waals surface area contributed by atoms with Crippen LogP contribution in [0.25, 0.3) is 0 Å². The fraction of sp³-hybridized carbons (Fsp3) is 0.550. The van der Waals surface area contributed by atoms with Gasteiger partial charge in [-0.15, -0.1) is 0 Å². The molecule has 2 heterocycles. The lowest BCUT2D eigenvalue weighted by molar-refractivity contribution is -0.140. The van der Waals surface area contributed by atoms with E-state index in [0.29, 0.717) is 17.7 Å². The summed E-state index contributed by atoms with van der Waals surface area (Å²) >= 11 is 0. The highest BCUT2D eigenvalue weighted by Gasteiger charge is 2.51.